The smallest absolute Gasteiger partial charge is 0.325 e. The molecule has 10 heteroatoms. The van der Waals surface area contributed by atoms with E-state index in [2.05, 4.69) is 35.6 Å². The van der Waals surface area contributed by atoms with Crippen LogP contribution in [0, 0.1) is 0 Å². The van der Waals surface area contributed by atoms with Gasteiger partial charge in [0, 0.05) is 12.7 Å². The summed E-state index contributed by atoms with van der Waals surface area (Å²) < 4.78 is 0. The first kappa shape index (κ1) is 15.3. The molecule has 4 N–H and O–H groups in total. The van der Waals surface area contributed by atoms with E-state index < -0.39 is 11.2 Å². The lowest BCUT2D eigenvalue weighted by Gasteiger charge is -2.06. The van der Waals surface area contributed by atoms with Crippen molar-refractivity contribution in [1.29, 1.82) is 0 Å². The highest BCUT2D eigenvalue weighted by Gasteiger charge is 2.09. The number of aromatic nitrogens is 5. The highest BCUT2D eigenvalue weighted by atomic mass is 16.2. The maximum Gasteiger partial charge on any atom is 0.325 e. The third kappa shape index (κ3) is 3.11. The van der Waals surface area contributed by atoms with Crippen molar-refractivity contribution in [2.45, 2.75) is 6.92 Å². The Labute approximate surface area is 134 Å². The second-order valence-electron chi connectivity index (χ2n) is 4.76. The number of H-pyrrole nitrogens is 2. The third-order valence-corrected chi connectivity index (χ3v) is 3.08. The molecule has 0 aromatic carbocycles. The Kier molecular flexibility index (Phi) is 4.01. The second-order valence-corrected chi connectivity index (χ2v) is 4.76. The van der Waals surface area contributed by atoms with Crippen LogP contribution in [0.5, 0.6) is 0 Å². The zero-order chi connectivity index (χ0) is 17.1. The largest absolute Gasteiger partial charge is 0.338 e. The van der Waals surface area contributed by atoms with Crippen molar-refractivity contribution in [3.63, 3.8) is 0 Å². The van der Waals surface area contributed by atoms with Crippen molar-refractivity contribution in [3.05, 3.63) is 45.4 Å². The molecular formula is C14H13N7O3. The number of hydrogen-bond acceptors (Lipinski definition) is 6. The van der Waals surface area contributed by atoms with E-state index in [4.69, 9.17) is 0 Å². The number of pyridine rings is 1. The lowest BCUT2D eigenvalue weighted by Crippen LogP contribution is -2.28. The highest BCUT2D eigenvalue weighted by Crippen LogP contribution is 2.15. The molecule has 24 heavy (non-hydrogen) atoms. The van der Waals surface area contributed by atoms with Crippen molar-refractivity contribution >= 4 is 23.0 Å². The van der Waals surface area contributed by atoms with Crippen LogP contribution < -0.4 is 21.9 Å². The number of aromatic amines is 2. The van der Waals surface area contributed by atoms with E-state index in [0.717, 1.165) is 0 Å². The first-order valence-electron chi connectivity index (χ1n) is 7.08. The number of urea groups is 1. The van der Waals surface area contributed by atoms with Crippen molar-refractivity contribution in [3.8, 4) is 11.3 Å². The standard InChI is InChI=1S/C14H13N7O3/c1-2-15-13(23)20-10-4-3-8-11(19-10)18-9(6-16-8)7-5-17-14(24)21-12(7)22/h3-6H,2H2,1H3,(H2,17,21,22,24)(H2,15,18,19,20,23). The maximum atomic E-state index is 11.8. The fourth-order valence-corrected chi connectivity index (χ4v) is 2.02. The van der Waals surface area contributed by atoms with Gasteiger partial charge >= 0.3 is 11.7 Å². The molecule has 10 nitrogen and oxygen atoms in total. The average molecular weight is 327 g/mol. The van der Waals surface area contributed by atoms with E-state index in [-0.39, 0.29) is 22.9 Å². The van der Waals surface area contributed by atoms with Gasteiger partial charge in [0.25, 0.3) is 5.56 Å². The van der Waals surface area contributed by atoms with Gasteiger partial charge in [0.05, 0.1) is 17.5 Å². The van der Waals surface area contributed by atoms with Crippen LogP contribution in [0.2, 0.25) is 0 Å². The molecule has 0 saturated heterocycles. The molecule has 0 atom stereocenters. The molecule has 3 aromatic rings. The molecule has 0 aliphatic rings. The minimum absolute atomic E-state index is 0.160. The zero-order valence-corrected chi connectivity index (χ0v) is 12.6. The fourth-order valence-electron chi connectivity index (χ4n) is 2.02. The lowest BCUT2D eigenvalue weighted by molar-refractivity contribution is 0.252. The highest BCUT2D eigenvalue weighted by molar-refractivity contribution is 5.89. The average Bonchev–Trinajstić information content (AvgIpc) is 2.54. The number of nitrogens with one attached hydrogen (secondary N) is 4. The van der Waals surface area contributed by atoms with Crippen LogP contribution in [-0.4, -0.2) is 37.5 Å². The lowest BCUT2D eigenvalue weighted by atomic mass is 10.2. The van der Waals surface area contributed by atoms with Gasteiger partial charge in [-0.3, -0.25) is 20.1 Å². The number of carbonyl (C=O) groups is 1. The van der Waals surface area contributed by atoms with Crippen LogP contribution >= 0.6 is 0 Å². The molecule has 0 radical (unpaired) electrons. The molecule has 2 amide bonds. The predicted molar refractivity (Wildman–Crippen MR) is 86.7 cm³/mol. The number of amides is 2. The molecule has 0 unspecified atom stereocenters. The van der Waals surface area contributed by atoms with Crippen LogP contribution in [0.3, 0.4) is 0 Å². The molecule has 0 fully saturated rings. The number of rotatable bonds is 3. The Morgan fingerprint density at radius 2 is 2.08 bits per heavy atom. The maximum absolute atomic E-state index is 11.8. The Bertz CT molecular complexity index is 1020. The number of fused-ring (bicyclic) bond motifs is 1. The summed E-state index contributed by atoms with van der Waals surface area (Å²) in [6.07, 6.45) is 2.66. The van der Waals surface area contributed by atoms with Crippen molar-refractivity contribution in [2.75, 3.05) is 11.9 Å². The van der Waals surface area contributed by atoms with Gasteiger partial charge in [0.15, 0.2) is 5.65 Å². The Morgan fingerprint density at radius 3 is 2.83 bits per heavy atom. The minimum Gasteiger partial charge on any atom is -0.338 e. The van der Waals surface area contributed by atoms with Gasteiger partial charge in [0.1, 0.15) is 11.3 Å². The van der Waals surface area contributed by atoms with Crippen molar-refractivity contribution in [1.82, 2.24) is 30.2 Å². The molecule has 3 heterocycles. The van der Waals surface area contributed by atoms with Gasteiger partial charge in [-0.1, -0.05) is 0 Å². The summed E-state index contributed by atoms with van der Waals surface area (Å²) in [6, 6.07) is 2.86. The molecular weight excluding hydrogens is 314 g/mol. The first-order chi connectivity index (χ1) is 11.6. The van der Waals surface area contributed by atoms with Crippen LogP contribution in [0.15, 0.2) is 34.1 Å². The topological polar surface area (TPSA) is 146 Å². The SMILES string of the molecule is CCNC(=O)Nc1ccc2ncc(-c3c[nH]c(=O)[nH]c3=O)nc2n1. The van der Waals surface area contributed by atoms with Gasteiger partial charge in [-0.2, -0.15) is 0 Å². The molecule has 0 bridgehead atoms. The van der Waals surface area contributed by atoms with Gasteiger partial charge < -0.3 is 10.3 Å². The number of nitrogens with zero attached hydrogens (tertiary/aromatic N) is 3. The molecule has 0 spiro atoms. The molecule has 3 aromatic heterocycles. The summed E-state index contributed by atoms with van der Waals surface area (Å²) in [6.45, 7) is 2.28. The van der Waals surface area contributed by atoms with Crippen LogP contribution in [0.4, 0.5) is 10.6 Å². The van der Waals surface area contributed by atoms with Crippen molar-refractivity contribution < 1.29 is 4.79 Å². The second kappa shape index (κ2) is 6.28. The fraction of sp³-hybridized carbons (Fsp3) is 0.143. The molecule has 122 valence electrons. The summed E-state index contributed by atoms with van der Waals surface area (Å²) >= 11 is 0. The first-order valence-corrected chi connectivity index (χ1v) is 7.08. The Morgan fingerprint density at radius 1 is 1.25 bits per heavy atom. The summed E-state index contributed by atoms with van der Waals surface area (Å²) in [5.74, 6) is 0.301. The quantitative estimate of drug-likeness (QED) is 0.541. The van der Waals surface area contributed by atoms with E-state index in [1.54, 1.807) is 19.1 Å². The third-order valence-electron chi connectivity index (χ3n) is 3.08. The Hall–Kier alpha value is -3.56. The molecule has 0 aliphatic heterocycles. The molecule has 3 rings (SSSR count). The summed E-state index contributed by atoms with van der Waals surface area (Å²) in [4.78, 5) is 51.6. The van der Waals surface area contributed by atoms with Gasteiger partial charge in [-0.25, -0.2) is 19.6 Å². The van der Waals surface area contributed by atoms with E-state index in [0.29, 0.717) is 17.9 Å². The molecule has 0 aliphatic carbocycles. The normalized spacial score (nSPS) is 10.5. The van der Waals surface area contributed by atoms with E-state index in [1.807, 2.05) is 0 Å². The van der Waals surface area contributed by atoms with E-state index in [9.17, 15) is 14.4 Å². The minimum atomic E-state index is -0.607. The predicted octanol–water partition coefficient (Wildman–Crippen LogP) is 0.210. The zero-order valence-electron chi connectivity index (χ0n) is 12.6. The van der Waals surface area contributed by atoms with Gasteiger partial charge in [-0.15, -0.1) is 0 Å². The number of anilines is 1. The molecule has 0 saturated carbocycles. The summed E-state index contributed by atoms with van der Waals surface area (Å²) in [5, 5.41) is 5.16. The van der Waals surface area contributed by atoms with Crippen LogP contribution in [0.1, 0.15) is 6.92 Å². The van der Waals surface area contributed by atoms with Gasteiger partial charge in [0.2, 0.25) is 0 Å². The van der Waals surface area contributed by atoms with Crippen LogP contribution in [-0.2, 0) is 0 Å². The number of hydrogen-bond donors (Lipinski definition) is 4. The summed E-state index contributed by atoms with van der Waals surface area (Å²) in [5.41, 5.74) is -0.0166. The van der Waals surface area contributed by atoms with E-state index >= 15 is 0 Å². The summed E-state index contributed by atoms with van der Waals surface area (Å²) in [7, 11) is 0. The van der Waals surface area contributed by atoms with E-state index in [1.165, 1.54) is 12.4 Å². The van der Waals surface area contributed by atoms with Gasteiger partial charge in [-0.05, 0) is 19.1 Å². The van der Waals surface area contributed by atoms with Crippen LogP contribution in [0.25, 0.3) is 22.4 Å². The van der Waals surface area contributed by atoms with Crippen molar-refractivity contribution in [2.24, 2.45) is 0 Å². The Balaban J connectivity index is 2.01. The number of carbonyl (C=O) groups excluding carboxylic acids is 1. The monoisotopic (exact) mass is 327 g/mol.